The van der Waals surface area contributed by atoms with E-state index in [-0.39, 0.29) is 11.9 Å². The van der Waals surface area contributed by atoms with Crippen molar-refractivity contribution in [2.45, 2.75) is 18.9 Å². The number of oxime groups is 1. The van der Waals surface area contributed by atoms with E-state index in [2.05, 4.69) is 9.99 Å². The van der Waals surface area contributed by atoms with Crippen LogP contribution in [0.4, 0.5) is 0 Å². The van der Waals surface area contributed by atoms with E-state index in [1.165, 1.54) is 7.11 Å². The first kappa shape index (κ1) is 18.8. The minimum atomic E-state index is -0.0303. The summed E-state index contributed by atoms with van der Waals surface area (Å²) in [5.41, 5.74) is 2.51. The van der Waals surface area contributed by atoms with Gasteiger partial charge in [-0.05, 0) is 48.7 Å². The summed E-state index contributed by atoms with van der Waals surface area (Å²) in [6, 6.07) is 13.0. The Labute approximate surface area is 159 Å². The van der Waals surface area contributed by atoms with Gasteiger partial charge in [0.1, 0.15) is 18.6 Å². The van der Waals surface area contributed by atoms with Crippen LogP contribution in [0.3, 0.4) is 0 Å². The van der Waals surface area contributed by atoms with Crippen molar-refractivity contribution in [3.63, 3.8) is 0 Å². The molecule has 1 unspecified atom stereocenters. The molecule has 1 saturated heterocycles. The molecule has 0 spiro atoms. The number of benzene rings is 2. The molecule has 1 amide bonds. The van der Waals surface area contributed by atoms with Crippen LogP contribution in [0.25, 0.3) is 0 Å². The van der Waals surface area contributed by atoms with Crippen LogP contribution in [0.15, 0.2) is 47.6 Å². The number of hydrogen-bond acceptors (Lipinski definition) is 5. The first-order chi connectivity index (χ1) is 13.2. The fraction of sp³-hybridized carbons (Fsp3) is 0.333. The Morgan fingerprint density at radius 2 is 1.89 bits per heavy atom. The molecule has 6 heteroatoms. The van der Waals surface area contributed by atoms with Gasteiger partial charge < -0.3 is 19.2 Å². The molecule has 142 valence electrons. The van der Waals surface area contributed by atoms with Gasteiger partial charge in [-0.1, -0.05) is 17.3 Å². The first-order valence-corrected chi connectivity index (χ1v) is 8.87. The van der Waals surface area contributed by atoms with Gasteiger partial charge in [0, 0.05) is 17.7 Å². The van der Waals surface area contributed by atoms with Crippen LogP contribution in [0.1, 0.15) is 40.4 Å². The molecule has 1 atom stereocenters. The minimum Gasteiger partial charge on any atom is -0.497 e. The smallest absolute Gasteiger partial charge is 0.254 e. The summed E-state index contributed by atoms with van der Waals surface area (Å²) >= 11 is 0. The number of ether oxygens (including phenoxy) is 2. The van der Waals surface area contributed by atoms with E-state index in [0.29, 0.717) is 5.56 Å². The van der Waals surface area contributed by atoms with Gasteiger partial charge in [-0.2, -0.15) is 0 Å². The summed E-state index contributed by atoms with van der Waals surface area (Å²) in [5, 5.41) is 3.74. The lowest BCUT2D eigenvalue weighted by atomic mass is 10.0. The molecular weight excluding hydrogens is 344 g/mol. The SMILES string of the molecule is CO/N=C/c1ccc(C(=O)N2CCCC2c2cc(OC)ccc2OC)cc1. The highest BCUT2D eigenvalue weighted by Gasteiger charge is 2.32. The molecule has 0 bridgehead atoms. The van der Waals surface area contributed by atoms with E-state index in [4.69, 9.17) is 9.47 Å². The van der Waals surface area contributed by atoms with Gasteiger partial charge in [0.15, 0.2) is 0 Å². The van der Waals surface area contributed by atoms with Crippen LogP contribution in [0.2, 0.25) is 0 Å². The maximum Gasteiger partial charge on any atom is 0.254 e. The zero-order valence-corrected chi connectivity index (χ0v) is 15.8. The lowest BCUT2D eigenvalue weighted by molar-refractivity contribution is 0.0734. The molecule has 2 aromatic rings. The summed E-state index contributed by atoms with van der Waals surface area (Å²) in [7, 11) is 4.78. The average molecular weight is 368 g/mol. The Balaban J connectivity index is 1.86. The molecule has 1 aliphatic heterocycles. The van der Waals surface area contributed by atoms with Crippen LogP contribution >= 0.6 is 0 Å². The molecule has 0 saturated carbocycles. The van der Waals surface area contributed by atoms with E-state index in [1.54, 1.807) is 20.4 Å². The lowest BCUT2D eigenvalue weighted by Gasteiger charge is -2.27. The van der Waals surface area contributed by atoms with Gasteiger partial charge in [-0.25, -0.2) is 0 Å². The number of likely N-dealkylation sites (tertiary alicyclic amines) is 1. The van der Waals surface area contributed by atoms with Crippen LogP contribution < -0.4 is 9.47 Å². The Hall–Kier alpha value is -3.02. The predicted molar refractivity (Wildman–Crippen MR) is 104 cm³/mol. The third kappa shape index (κ3) is 4.05. The van der Waals surface area contributed by atoms with Gasteiger partial charge in [-0.15, -0.1) is 0 Å². The largest absolute Gasteiger partial charge is 0.497 e. The third-order valence-electron chi connectivity index (χ3n) is 4.77. The molecule has 0 radical (unpaired) electrons. The van der Waals surface area contributed by atoms with Crippen molar-refractivity contribution >= 4 is 12.1 Å². The van der Waals surface area contributed by atoms with E-state index in [9.17, 15) is 4.79 Å². The van der Waals surface area contributed by atoms with Gasteiger partial charge in [0.2, 0.25) is 0 Å². The first-order valence-electron chi connectivity index (χ1n) is 8.87. The van der Waals surface area contributed by atoms with Crippen LogP contribution in [0, 0.1) is 0 Å². The topological polar surface area (TPSA) is 60.4 Å². The van der Waals surface area contributed by atoms with Gasteiger partial charge in [-0.3, -0.25) is 4.79 Å². The molecule has 1 aliphatic rings. The predicted octanol–water partition coefficient (Wildman–Crippen LogP) is 3.66. The van der Waals surface area contributed by atoms with Crippen LogP contribution in [0.5, 0.6) is 11.5 Å². The highest BCUT2D eigenvalue weighted by molar-refractivity contribution is 5.95. The van der Waals surface area contributed by atoms with Crippen molar-refractivity contribution in [1.82, 2.24) is 4.90 Å². The fourth-order valence-electron chi connectivity index (χ4n) is 3.42. The van der Waals surface area contributed by atoms with Crippen molar-refractivity contribution in [3.05, 3.63) is 59.2 Å². The number of carbonyl (C=O) groups excluding carboxylic acids is 1. The number of hydrogen-bond donors (Lipinski definition) is 0. The summed E-state index contributed by atoms with van der Waals surface area (Å²) in [6.07, 6.45) is 3.46. The van der Waals surface area contributed by atoms with Gasteiger partial charge >= 0.3 is 0 Å². The molecule has 0 aliphatic carbocycles. The monoisotopic (exact) mass is 368 g/mol. The molecular formula is C21H24N2O4. The Bertz CT molecular complexity index is 817. The van der Waals surface area contributed by atoms with E-state index in [1.807, 2.05) is 47.4 Å². The summed E-state index contributed by atoms with van der Waals surface area (Å²) in [4.78, 5) is 19.7. The van der Waals surface area contributed by atoms with Gasteiger partial charge in [0.25, 0.3) is 5.91 Å². The maximum atomic E-state index is 13.1. The summed E-state index contributed by atoms with van der Waals surface area (Å²) in [6.45, 7) is 0.719. The normalized spacial score (nSPS) is 16.6. The number of methoxy groups -OCH3 is 2. The Kier molecular flexibility index (Phi) is 5.96. The highest BCUT2D eigenvalue weighted by atomic mass is 16.6. The third-order valence-corrected chi connectivity index (χ3v) is 4.77. The number of nitrogens with zero attached hydrogens (tertiary/aromatic N) is 2. The second kappa shape index (κ2) is 8.58. The van der Waals surface area contributed by atoms with Crippen LogP contribution in [-0.2, 0) is 4.84 Å². The molecule has 3 rings (SSSR count). The average Bonchev–Trinajstić information content (AvgIpc) is 3.21. The number of rotatable bonds is 6. The lowest BCUT2D eigenvalue weighted by Crippen LogP contribution is -2.30. The second-order valence-electron chi connectivity index (χ2n) is 6.30. The van der Waals surface area contributed by atoms with Crippen molar-refractivity contribution < 1.29 is 19.1 Å². The summed E-state index contributed by atoms with van der Waals surface area (Å²) < 4.78 is 10.9. The maximum absolute atomic E-state index is 13.1. The second-order valence-corrected chi connectivity index (χ2v) is 6.30. The quantitative estimate of drug-likeness (QED) is 0.577. The summed E-state index contributed by atoms with van der Waals surface area (Å²) in [5.74, 6) is 1.54. The zero-order chi connectivity index (χ0) is 19.2. The van der Waals surface area contributed by atoms with E-state index >= 15 is 0 Å². The molecule has 1 heterocycles. The molecule has 27 heavy (non-hydrogen) atoms. The number of carbonyl (C=O) groups is 1. The molecule has 1 fully saturated rings. The fourth-order valence-corrected chi connectivity index (χ4v) is 3.42. The minimum absolute atomic E-state index is 0.0117. The van der Waals surface area contributed by atoms with Crippen molar-refractivity contribution in [2.24, 2.45) is 5.16 Å². The standard InChI is InChI=1S/C21H24N2O4/c1-25-17-10-11-20(26-2)18(13-17)19-5-4-12-23(19)21(24)16-8-6-15(7-9-16)14-22-27-3/h6-11,13-14,19H,4-5,12H2,1-3H3/b22-14+. The van der Waals surface area contributed by atoms with Crippen molar-refractivity contribution in [3.8, 4) is 11.5 Å². The zero-order valence-electron chi connectivity index (χ0n) is 15.8. The highest BCUT2D eigenvalue weighted by Crippen LogP contribution is 2.39. The number of amides is 1. The Morgan fingerprint density at radius 1 is 1.11 bits per heavy atom. The molecule has 2 aromatic carbocycles. The van der Waals surface area contributed by atoms with Crippen molar-refractivity contribution in [1.29, 1.82) is 0 Å². The van der Waals surface area contributed by atoms with Crippen molar-refractivity contribution in [2.75, 3.05) is 27.9 Å². The van der Waals surface area contributed by atoms with E-state index in [0.717, 1.165) is 42.0 Å². The van der Waals surface area contributed by atoms with Gasteiger partial charge in [0.05, 0.1) is 26.5 Å². The molecule has 0 aromatic heterocycles. The molecule has 6 nitrogen and oxygen atoms in total. The Morgan fingerprint density at radius 3 is 2.56 bits per heavy atom. The molecule has 0 N–H and O–H groups in total. The van der Waals surface area contributed by atoms with Crippen LogP contribution in [-0.4, -0.2) is 44.9 Å². The van der Waals surface area contributed by atoms with E-state index < -0.39 is 0 Å².